The summed E-state index contributed by atoms with van der Waals surface area (Å²) in [4.78, 5) is 4.47. The van der Waals surface area contributed by atoms with Crippen LogP contribution >= 0.6 is 0 Å². The minimum Gasteiger partial charge on any atom is -0.311 e. The van der Waals surface area contributed by atoms with E-state index in [4.69, 9.17) is 0 Å². The maximum atomic E-state index is 4.47. The molecule has 0 bridgehead atoms. The van der Waals surface area contributed by atoms with Gasteiger partial charge in [-0.2, -0.15) is 5.10 Å². The molecule has 1 aliphatic rings. The summed E-state index contributed by atoms with van der Waals surface area (Å²) in [6, 6.07) is 0.186. The monoisotopic (exact) mass is 178 g/mol. The van der Waals surface area contributed by atoms with E-state index in [2.05, 4.69) is 20.5 Å². The van der Waals surface area contributed by atoms with Gasteiger partial charge in [0.2, 0.25) is 0 Å². The molecule has 0 spiro atoms. The van der Waals surface area contributed by atoms with Gasteiger partial charge >= 0.3 is 0 Å². The zero-order valence-corrected chi connectivity index (χ0v) is 7.99. The second kappa shape index (κ2) is 3.38. The molecule has 70 valence electrons. The molecular formula is C9H14N4. The standard InChI is InChI=1S/C9H14N4/c1-6(10-2)9-12-8(5-11-13-9)7-3-4-7/h5-7,10H,3-4H2,1-2H3. The van der Waals surface area contributed by atoms with Gasteiger partial charge in [-0.3, -0.25) is 0 Å². The van der Waals surface area contributed by atoms with Crippen molar-refractivity contribution in [1.82, 2.24) is 20.5 Å². The summed E-state index contributed by atoms with van der Waals surface area (Å²) in [5.41, 5.74) is 1.10. The maximum Gasteiger partial charge on any atom is 0.167 e. The van der Waals surface area contributed by atoms with E-state index in [1.165, 1.54) is 12.8 Å². The van der Waals surface area contributed by atoms with Crippen molar-refractivity contribution >= 4 is 0 Å². The van der Waals surface area contributed by atoms with Gasteiger partial charge in [-0.05, 0) is 26.8 Å². The molecule has 0 radical (unpaired) electrons. The van der Waals surface area contributed by atoms with E-state index in [9.17, 15) is 0 Å². The zero-order chi connectivity index (χ0) is 9.26. The van der Waals surface area contributed by atoms with Crippen molar-refractivity contribution in [2.24, 2.45) is 0 Å². The molecule has 0 saturated heterocycles. The molecule has 4 nitrogen and oxygen atoms in total. The van der Waals surface area contributed by atoms with Crippen LogP contribution in [-0.2, 0) is 0 Å². The molecule has 0 aliphatic heterocycles. The molecule has 1 fully saturated rings. The fourth-order valence-corrected chi connectivity index (χ4v) is 1.22. The van der Waals surface area contributed by atoms with Gasteiger partial charge < -0.3 is 5.32 Å². The molecule has 1 saturated carbocycles. The molecule has 1 atom stereocenters. The van der Waals surface area contributed by atoms with Crippen molar-refractivity contribution in [3.8, 4) is 0 Å². The van der Waals surface area contributed by atoms with Crippen LogP contribution in [0, 0.1) is 0 Å². The van der Waals surface area contributed by atoms with Crippen molar-refractivity contribution in [2.45, 2.75) is 31.7 Å². The summed E-state index contributed by atoms with van der Waals surface area (Å²) in [6.45, 7) is 2.04. The highest BCUT2D eigenvalue weighted by molar-refractivity contribution is 5.11. The lowest BCUT2D eigenvalue weighted by molar-refractivity contribution is 0.590. The first kappa shape index (κ1) is 8.56. The van der Waals surface area contributed by atoms with E-state index >= 15 is 0 Å². The van der Waals surface area contributed by atoms with Gasteiger partial charge in [-0.15, -0.1) is 5.10 Å². The van der Waals surface area contributed by atoms with E-state index in [1.807, 2.05) is 14.0 Å². The lowest BCUT2D eigenvalue weighted by atomic mass is 10.3. The average molecular weight is 178 g/mol. The van der Waals surface area contributed by atoms with Gasteiger partial charge in [0.1, 0.15) is 0 Å². The quantitative estimate of drug-likeness (QED) is 0.751. The Labute approximate surface area is 77.8 Å². The number of hydrogen-bond acceptors (Lipinski definition) is 4. The molecule has 0 amide bonds. The van der Waals surface area contributed by atoms with Crippen molar-refractivity contribution < 1.29 is 0 Å². The van der Waals surface area contributed by atoms with Crippen LogP contribution in [0.1, 0.15) is 43.2 Å². The zero-order valence-electron chi connectivity index (χ0n) is 7.99. The van der Waals surface area contributed by atoms with Crippen LogP contribution in [0.15, 0.2) is 6.20 Å². The lowest BCUT2D eigenvalue weighted by Crippen LogP contribution is -2.16. The first-order valence-corrected chi connectivity index (χ1v) is 4.68. The Bertz CT molecular complexity index is 295. The number of nitrogens with zero attached hydrogens (tertiary/aromatic N) is 3. The summed E-state index contributed by atoms with van der Waals surface area (Å²) < 4.78 is 0. The minimum atomic E-state index is 0.186. The molecule has 1 aromatic rings. The van der Waals surface area contributed by atoms with Crippen LogP contribution in [0.25, 0.3) is 0 Å². The van der Waals surface area contributed by atoms with E-state index in [1.54, 1.807) is 6.20 Å². The molecule has 1 heterocycles. The van der Waals surface area contributed by atoms with Gasteiger partial charge in [-0.1, -0.05) is 0 Å². The molecule has 13 heavy (non-hydrogen) atoms. The SMILES string of the molecule is CNC(C)c1nncc(C2CC2)n1. The van der Waals surface area contributed by atoms with E-state index < -0.39 is 0 Å². The number of rotatable bonds is 3. The van der Waals surface area contributed by atoms with Crippen molar-refractivity contribution in [2.75, 3.05) is 7.05 Å². The highest BCUT2D eigenvalue weighted by Gasteiger charge is 2.26. The first-order chi connectivity index (χ1) is 6.31. The molecule has 2 rings (SSSR count). The second-order valence-corrected chi connectivity index (χ2v) is 3.52. The third-order valence-corrected chi connectivity index (χ3v) is 2.41. The fraction of sp³-hybridized carbons (Fsp3) is 0.667. The Kier molecular flexibility index (Phi) is 2.22. The van der Waals surface area contributed by atoms with Crippen LogP contribution in [-0.4, -0.2) is 22.2 Å². The molecule has 1 N–H and O–H groups in total. The number of hydrogen-bond donors (Lipinski definition) is 1. The first-order valence-electron chi connectivity index (χ1n) is 4.68. The van der Waals surface area contributed by atoms with Crippen LogP contribution in [0.5, 0.6) is 0 Å². The van der Waals surface area contributed by atoms with E-state index in [0.717, 1.165) is 11.5 Å². The van der Waals surface area contributed by atoms with E-state index in [0.29, 0.717) is 5.92 Å². The Morgan fingerprint density at radius 3 is 2.92 bits per heavy atom. The van der Waals surface area contributed by atoms with Gasteiger partial charge in [0.25, 0.3) is 0 Å². The third kappa shape index (κ3) is 1.83. The molecule has 4 heteroatoms. The Balaban J connectivity index is 2.21. The van der Waals surface area contributed by atoms with Crippen LogP contribution < -0.4 is 5.32 Å². The molecule has 1 unspecified atom stereocenters. The van der Waals surface area contributed by atoms with Gasteiger partial charge in [-0.25, -0.2) is 4.98 Å². The summed E-state index contributed by atoms with van der Waals surface area (Å²) in [7, 11) is 1.90. The Morgan fingerprint density at radius 2 is 2.31 bits per heavy atom. The molecule has 0 aromatic carbocycles. The summed E-state index contributed by atoms with van der Waals surface area (Å²) in [5, 5.41) is 11.1. The number of aromatic nitrogens is 3. The van der Waals surface area contributed by atoms with Gasteiger partial charge in [0.05, 0.1) is 17.9 Å². The highest BCUT2D eigenvalue weighted by atomic mass is 15.2. The topological polar surface area (TPSA) is 50.7 Å². The van der Waals surface area contributed by atoms with Crippen molar-refractivity contribution in [3.05, 3.63) is 17.7 Å². The normalized spacial score (nSPS) is 18.6. The molecule has 1 aliphatic carbocycles. The second-order valence-electron chi connectivity index (χ2n) is 3.52. The maximum absolute atomic E-state index is 4.47. The highest BCUT2D eigenvalue weighted by Crippen LogP contribution is 2.38. The van der Waals surface area contributed by atoms with Gasteiger partial charge in [0.15, 0.2) is 5.82 Å². The smallest absolute Gasteiger partial charge is 0.167 e. The van der Waals surface area contributed by atoms with Crippen molar-refractivity contribution in [3.63, 3.8) is 0 Å². The lowest BCUT2D eigenvalue weighted by Gasteiger charge is -2.07. The average Bonchev–Trinajstić information content (AvgIpc) is 3.00. The predicted octanol–water partition coefficient (Wildman–Crippen LogP) is 1.03. The third-order valence-electron chi connectivity index (χ3n) is 2.41. The minimum absolute atomic E-state index is 0.186. The van der Waals surface area contributed by atoms with Crippen molar-refractivity contribution in [1.29, 1.82) is 0 Å². The molecule has 1 aromatic heterocycles. The Morgan fingerprint density at radius 1 is 1.54 bits per heavy atom. The summed E-state index contributed by atoms with van der Waals surface area (Å²) in [5.74, 6) is 1.45. The van der Waals surface area contributed by atoms with E-state index in [-0.39, 0.29) is 6.04 Å². The van der Waals surface area contributed by atoms with Crippen LogP contribution in [0.2, 0.25) is 0 Å². The summed E-state index contributed by atoms with van der Waals surface area (Å²) >= 11 is 0. The van der Waals surface area contributed by atoms with Crippen LogP contribution in [0.3, 0.4) is 0 Å². The molecular weight excluding hydrogens is 164 g/mol. The predicted molar refractivity (Wildman–Crippen MR) is 49.3 cm³/mol. The fourth-order valence-electron chi connectivity index (χ4n) is 1.22. The van der Waals surface area contributed by atoms with Crippen LogP contribution in [0.4, 0.5) is 0 Å². The summed E-state index contributed by atoms with van der Waals surface area (Å²) in [6.07, 6.45) is 4.29. The van der Waals surface area contributed by atoms with Gasteiger partial charge in [0, 0.05) is 5.92 Å². The number of nitrogens with one attached hydrogen (secondary N) is 1. The largest absolute Gasteiger partial charge is 0.311 e. The Hall–Kier alpha value is -1.03.